The fourth-order valence-corrected chi connectivity index (χ4v) is 3.07. The van der Waals surface area contributed by atoms with E-state index in [0.717, 1.165) is 34.1 Å². The highest BCUT2D eigenvalue weighted by Gasteiger charge is 2.14. The molecule has 0 spiro atoms. The maximum absolute atomic E-state index is 12.4. The molecule has 0 saturated carbocycles. The second kappa shape index (κ2) is 6.66. The normalized spacial score (nSPS) is 11.4. The van der Waals surface area contributed by atoms with Gasteiger partial charge in [-0.3, -0.25) is 4.79 Å². The number of hydrogen-bond acceptors (Lipinski definition) is 4. The Morgan fingerprint density at radius 3 is 2.76 bits per heavy atom. The summed E-state index contributed by atoms with van der Waals surface area (Å²) in [5, 5.41) is 11.6. The number of nitrogens with zero attached hydrogens (tertiary/aromatic N) is 5. The number of carbonyl (C=O) groups excluding carboxylic acids is 1. The first-order chi connectivity index (χ1) is 11.9. The molecule has 3 aromatic rings. The van der Waals surface area contributed by atoms with Crippen LogP contribution >= 0.6 is 0 Å². The molecule has 1 N–H and O–H groups in total. The Balaban J connectivity index is 1.74. The zero-order chi connectivity index (χ0) is 18.1. The van der Waals surface area contributed by atoms with E-state index in [2.05, 4.69) is 20.5 Å². The van der Waals surface area contributed by atoms with Gasteiger partial charge in [0.15, 0.2) is 5.65 Å². The van der Waals surface area contributed by atoms with Gasteiger partial charge >= 0.3 is 0 Å². The van der Waals surface area contributed by atoms with Crippen molar-refractivity contribution in [3.8, 4) is 0 Å². The number of amides is 1. The summed E-state index contributed by atoms with van der Waals surface area (Å²) in [5.41, 5.74) is 4.84. The molecule has 0 radical (unpaired) electrons. The molecule has 0 saturated heterocycles. The average molecular weight is 340 g/mol. The van der Waals surface area contributed by atoms with Gasteiger partial charge in [-0.05, 0) is 46.6 Å². The van der Waals surface area contributed by atoms with Crippen LogP contribution in [0.3, 0.4) is 0 Å². The molecule has 7 heteroatoms. The Morgan fingerprint density at radius 2 is 2.04 bits per heavy atom. The van der Waals surface area contributed by atoms with Crippen LogP contribution in [0.25, 0.3) is 5.65 Å². The van der Waals surface area contributed by atoms with Crippen molar-refractivity contribution in [1.29, 1.82) is 0 Å². The monoisotopic (exact) mass is 340 g/mol. The van der Waals surface area contributed by atoms with Crippen LogP contribution < -0.4 is 5.32 Å². The summed E-state index contributed by atoms with van der Waals surface area (Å²) in [6.45, 7) is 10.0. The van der Waals surface area contributed by atoms with Crippen LogP contribution in [0, 0.1) is 20.8 Å². The summed E-state index contributed by atoms with van der Waals surface area (Å²) in [5.74, 6) is 0.697. The van der Waals surface area contributed by atoms with Crippen molar-refractivity contribution in [3.05, 3.63) is 41.0 Å². The second-order valence-electron chi connectivity index (χ2n) is 6.62. The molecule has 0 atom stereocenters. The number of nitrogens with one attached hydrogen (secondary N) is 1. The molecule has 0 aliphatic heterocycles. The minimum absolute atomic E-state index is 0.0297. The molecule has 0 unspecified atom stereocenters. The van der Waals surface area contributed by atoms with Crippen molar-refractivity contribution in [2.45, 2.75) is 53.5 Å². The lowest BCUT2D eigenvalue weighted by Crippen LogP contribution is -2.17. The van der Waals surface area contributed by atoms with Gasteiger partial charge in [-0.15, -0.1) is 0 Å². The van der Waals surface area contributed by atoms with Crippen molar-refractivity contribution in [2.75, 3.05) is 5.32 Å². The lowest BCUT2D eigenvalue weighted by Gasteiger charge is -2.13. The molecule has 0 aromatic carbocycles. The molecule has 0 aliphatic carbocycles. The van der Waals surface area contributed by atoms with Crippen molar-refractivity contribution in [2.24, 2.45) is 0 Å². The van der Waals surface area contributed by atoms with Crippen LogP contribution in [0.5, 0.6) is 0 Å². The molecule has 0 aliphatic rings. The topological polar surface area (TPSA) is 77.1 Å². The highest BCUT2D eigenvalue weighted by Crippen LogP contribution is 2.18. The number of fused-ring (bicyclic) bond motifs is 1. The van der Waals surface area contributed by atoms with Gasteiger partial charge in [0, 0.05) is 36.0 Å². The van der Waals surface area contributed by atoms with E-state index in [1.165, 1.54) is 0 Å². The third kappa shape index (κ3) is 3.40. The highest BCUT2D eigenvalue weighted by atomic mass is 16.1. The predicted octanol–water partition coefficient (Wildman–Crippen LogP) is 3.00. The van der Waals surface area contributed by atoms with Crippen molar-refractivity contribution in [3.63, 3.8) is 0 Å². The van der Waals surface area contributed by atoms with E-state index in [4.69, 9.17) is 0 Å². The Hall–Kier alpha value is -2.70. The minimum atomic E-state index is -0.0297. The molecule has 7 nitrogen and oxygen atoms in total. The van der Waals surface area contributed by atoms with E-state index in [1.54, 1.807) is 10.9 Å². The molecule has 132 valence electrons. The predicted molar refractivity (Wildman–Crippen MR) is 96.8 cm³/mol. The van der Waals surface area contributed by atoms with Crippen LogP contribution in [0.15, 0.2) is 18.3 Å². The van der Waals surface area contributed by atoms with Crippen LogP contribution in [-0.4, -0.2) is 30.3 Å². The van der Waals surface area contributed by atoms with E-state index in [-0.39, 0.29) is 11.9 Å². The molecule has 3 rings (SSSR count). The van der Waals surface area contributed by atoms with Crippen molar-refractivity contribution < 1.29 is 4.79 Å². The first-order valence-electron chi connectivity index (χ1n) is 8.52. The lowest BCUT2D eigenvalue weighted by atomic mass is 10.1. The minimum Gasteiger partial charge on any atom is -0.311 e. The highest BCUT2D eigenvalue weighted by molar-refractivity contribution is 5.90. The smallest absolute Gasteiger partial charge is 0.225 e. The van der Waals surface area contributed by atoms with E-state index in [9.17, 15) is 4.79 Å². The van der Waals surface area contributed by atoms with E-state index < -0.39 is 0 Å². The van der Waals surface area contributed by atoms with Crippen molar-refractivity contribution in [1.82, 2.24) is 24.4 Å². The number of anilines is 1. The fraction of sp³-hybridized carbons (Fsp3) is 0.444. The summed E-state index contributed by atoms with van der Waals surface area (Å²) in [4.78, 5) is 17.0. The van der Waals surface area contributed by atoms with Gasteiger partial charge in [-0.2, -0.15) is 10.2 Å². The molecular weight excluding hydrogens is 316 g/mol. The Bertz CT molecular complexity index is 921. The first kappa shape index (κ1) is 17.1. The summed E-state index contributed by atoms with van der Waals surface area (Å²) in [7, 11) is 0. The van der Waals surface area contributed by atoms with Crippen LogP contribution in [0.4, 0.5) is 5.82 Å². The van der Waals surface area contributed by atoms with Gasteiger partial charge in [0.05, 0.1) is 11.9 Å². The van der Waals surface area contributed by atoms with Gasteiger partial charge < -0.3 is 5.32 Å². The summed E-state index contributed by atoms with van der Waals surface area (Å²) < 4.78 is 3.65. The molecule has 3 heterocycles. The van der Waals surface area contributed by atoms with Crippen LogP contribution in [0.1, 0.15) is 49.0 Å². The molecule has 0 fully saturated rings. The zero-order valence-corrected chi connectivity index (χ0v) is 15.4. The average Bonchev–Trinajstić information content (AvgIpc) is 3.13. The first-order valence-corrected chi connectivity index (χ1v) is 8.52. The maximum atomic E-state index is 12.4. The van der Waals surface area contributed by atoms with Gasteiger partial charge in [0.2, 0.25) is 5.91 Å². The van der Waals surface area contributed by atoms with E-state index in [0.29, 0.717) is 12.8 Å². The SMILES string of the molecule is Cc1cc2nc(C)c(CCC(=O)Nc3ccnn3C(C)C)c(C)n2n1. The number of rotatable bonds is 5. The second-order valence-corrected chi connectivity index (χ2v) is 6.62. The number of carbonyl (C=O) groups is 1. The van der Waals surface area contributed by atoms with E-state index in [1.807, 2.05) is 51.3 Å². The van der Waals surface area contributed by atoms with Crippen molar-refractivity contribution >= 4 is 17.4 Å². The van der Waals surface area contributed by atoms with E-state index >= 15 is 0 Å². The van der Waals surface area contributed by atoms with Gasteiger partial charge in [-0.25, -0.2) is 14.2 Å². The molecule has 1 amide bonds. The number of hydrogen-bond donors (Lipinski definition) is 1. The van der Waals surface area contributed by atoms with Crippen LogP contribution in [0.2, 0.25) is 0 Å². The van der Waals surface area contributed by atoms with Crippen LogP contribution in [-0.2, 0) is 11.2 Å². The summed E-state index contributed by atoms with van der Waals surface area (Å²) in [6.07, 6.45) is 2.71. The molecular formula is C18H24N6O. The quantitative estimate of drug-likeness (QED) is 0.774. The summed E-state index contributed by atoms with van der Waals surface area (Å²) in [6, 6.07) is 3.97. The lowest BCUT2D eigenvalue weighted by molar-refractivity contribution is -0.116. The number of aryl methyl sites for hydroxylation is 3. The molecule has 0 bridgehead atoms. The Kier molecular flexibility index (Phi) is 4.57. The van der Waals surface area contributed by atoms with Gasteiger partial charge in [-0.1, -0.05) is 0 Å². The fourth-order valence-electron chi connectivity index (χ4n) is 3.07. The van der Waals surface area contributed by atoms with Gasteiger partial charge in [0.25, 0.3) is 0 Å². The van der Waals surface area contributed by atoms with Gasteiger partial charge in [0.1, 0.15) is 5.82 Å². The maximum Gasteiger partial charge on any atom is 0.225 e. The summed E-state index contributed by atoms with van der Waals surface area (Å²) >= 11 is 0. The largest absolute Gasteiger partial charge is 0.311 e. The third-order valence-electron chi connectivity index (χ3n) is 4.32. The molecule has 3 aromatic heterocycles. The standard InChI is InChI=1S/C18H24N6O/c1-11(2)23-16(8-9-19-23)21-18(25)7-6-15-13(4)20-17-10-12(3)22-24(17)14(15)5/h8-11H,6-7H2,1-5H3,(H,21,25). The Morgan fingerprint density at radius 1 is 1.28 bits per heavy atom. The third-order valence-corrected chi connectivity index (χ3v) is 4.32. The molecule has 25 heavy (non-hydrogen) atoms. The Labute approximate surface area is 147 Å². The zero-order valence-electron chi connectivity index (χ0n) is 15.4. The number of aromatic nitrogens is 5.